The topological polar surface area (TPSA) is 88.2 Å². The van der Waals surface area contributed by atoms with Gasteiger partial charge >= 0.3 is 0 Å². The molecule has 2 rings (SSSR count). The lowest BCUT2D eigenvalue weighted by Gasteiger charge is -2.11. The number of hydrogen-bond acceptors (Lipinski definition) is 4. The zero-order chi connectivity index (χ0) is 17.5. The average Bonchev–Trinajstić information content (AvgIpc) is 2.58. The highest BCUT2D eigenvalue weighted by atomic mass is 79.9. The summed E-state index contributed by atoms with van der Waals surface area (Å²) < 4.78 is 6.00. The zero-order valence-electron chi connectivity index (χ0n) is 13.1. The maximum Gasteiger partial charge on any atom is 0.251 e. The molecule has 5 nitrogen and oxygen atoms in total. The highest BCUT2D eigenvalue weighted by Gasteiger charge is 2.12. The van der Waals surface area contributed by atoms with Crippen molar-refractivity contribution in [3.05, 3.63) is 63.6 Å². The molecule has 0 radical (unpaired) electrons. The minimum Gasteiger partial charge on any atom is -0.497 e. The van der Waals surface area contributed by atoms with E-state index in [2.05, 4.69) is 21.2 Å². The van der Waals surface area contributed by atoms with Crippen molar-refractivity contribution in [2.75, 3.05) is 7.11 Å². The highest BCUT2D eigenvalue weighted by molar-refractivity contribution is 9.10. The van der Waals surface area contributed by atoms with Crippen LogP contribution in [0.4, 0.5) is 0 Å². The Labute approximate surface area is 153 Å². The molecule has 4 N–H and O–H groups in total. The van der Waals surface area contributed by atoms with Crippen molar-refractivity contribution in [3.63, 3.8) is 0 Å². The number of hydrogen-bond donors (Lipinski definition) is 3. The van der Waals surface area contributed by atoms with Gasteiger partial charge in [-0.1, -0.05) is 39.8 Å². The second-order valence-electron chi connectivity index (χ2n) is 4.99. The second-order valence-corrected chi connectivity index (χ2v) is 6.92. The van der Waals surface area contributed by atoms with Crippen molar-refractivity contribution < 1.29 is 9.53 Å². The summed E-state index contributed by atoms with van der Waals surface area (Å²) in [6.07, 6.45) is 0. The van der Waals surface area contributed by atoms with Gasteiger partial charge in [-0.05, 0) is 41.5 Å². The monoisotopic (exact) mass is 407 g/mol. The number of nitrogens with two attached hydrogens (primary N) is 1. The molecule has 0 aliphatic heterocycles. The molecule has 1 amide bonds. The number of benzene rings is 2. The van der Waals surface area contributed by atoms with E-state index in [9.17, 15) is 4.79 Å². The van der Waals surface area contributed by atoms with Gasteiger partial charge < -0.3 is 15.8 Å². The van der Waals surface area contributed by atoms with Crippen LogP contribution in [0.5, 0.6) is 5.75 Å². The summed E-state index contributed by atoms with van der Waals surface area (Å²) in [6, 6.07) is 13.0. The first-order valence-corrected chi connectivity index (χ1v) is 8.94. The zero-order valence-corrected chi connectivity index (χ0v) is 15.5. The van der Waals surface area contributed by atoms with Crippen LogP contribution in [0.1, 0.15) is 21.5 Å². The van der Waals surface area contributed by atoms with Gasteiger partial charge in [0.25, 0.3) is 5.91 Å². The van der Waals surface area contributed by atoms with E-state index in [0.717, 1.165) is 21.3 Å². The van der Waals surface area contributed by atoms with Crippen molar-refractivity contribution in [2.24, 2.45) is 5.73 Å². The molecule has 0 saturated heterocycles. The average molecular weight is 408 g/mol. The summed E-state index contributed by atoms with van der Waals surface area (Å²) >= 11 is 4.59. The largest absolute Gasteiger partial charge is 0.497 e. The van der Waals surface area contributed by atoms with Gasteiger partial charge in [-0.25, -0.2) is 0 Å². The minimum absolute atomic E-state index is 0.0274. The molecule has 0 saturated carbocycles. The predicted molar refractivity (Wildman–Crippen MR) is 102 cm³/mol. The van der Waals surface area contributed by atoms with Crippen molar-refractivity contribution in [1.29, 1.82) is 5.41 Å². The van der Waals surface area contributed by atoms with Gasteiger partial charge in [0.1, 0.15) is 5.75 Å². The lowest BCUT2D eigenvalue weighted by Crippen LogP contribution is -2.24. The maximum atomic E-state index is 12.5. The number of halogens is 1. The minimum atomic E-state index is -0.155. The molecule has 0 atom stereocenters. The number of amidine groups is 1. The summed E-state index contributed by atoms with van der Waals surface area (Å²) in [5.41, 5.74) is 7.79. The molecule has 24 heavy (non-hydrogen) atoms. The molecular formula is C17H18BrN3O2S. The van der Waals surface area contributed by atoms with Crippen LogP contribution in [0.2, 0.25) is 0 Å². The number of methoxy groups -OCH3 is 1. The van der Waals surface area contributed by atoms with E-state index in [0.29, 0.717) is 17.9 Å². The third-order valence-corrected chi connectivity index (χ3v) is 4.57. The third kappa shape index (κ3) is 5.28. The summed E-state index contributed by atoms with van der Waals surface area (Å²) in [5.74, 6) is 1.10. The molecule has 7 heteroatoms. The highest BCUT2D eigenvalue weighted by Crippen LogP contribution is 2.21. The van der Waals surface area contributed by atoms with Crippen LogP contribution in [0, 0.1) is 5.41 Å². The molecule has 0 spiro atoms. The Morgan fingerprint density at radius 1 is 1.29 bits per heavy atom. The predicted octanol–water partition coefficient (Wildman–Crippen LogP) is 3.51. The Kier molecular flexibility index (Phi) is 6.69. The fourth-order valence-corrected chi connectivity index (χ4v) is 3.04. The van der Waals surface area contributed by atoms with Crippen LogP contribution in [-0.2, 0) is 12.3 Å². The van der Waals surface area contributed by atoms with E-state index in [1.165, 1.54) is 11.8 Å². The fraction of sp³-hybridized carbons (Fsp3) is 0.176. The second kappa shape index (κ2) is 8.75. The van der Waals surface area contributed by atoms with Crippen molar-refractivity contribution in [1.82, 2.24) is 5.32 Å². The maximum absolute atomic E-state index is 12.5. The Balaban J connectivity index is 2.06. The lowest BCUT2D eigenvalue weighted by atomic mass is 10.1. The molecule has 0 fully saturated rings. The van der Waals surface area contributed by atoms with E-state index in [-0.39, 0.29) is 11.1 Å². The number of rotatable bonds is 6. The van der Waals surface area contributed by atoms with Gasteiger partial charge in [-0.15, -0.1) is 0 Å². The summed E-state index contributed by atoms with van der Waals surface area (Å²) in [4.78, 5) is 12.5. The normalized spacial score (nSPS) is 10.2. The number of ether oxygens (including phenoxy) is 1. The number of thioether (sulfide) groups is 1. The Morgan fingerprint density at radius 2 is 2.00 bits per heavy atom. The molecule has 2 aromatic carbocycles. The molecule has 0 aromatic heterocycles. The van der Waals surface area contributed by atoms with E-state index in [4.69, 9.17) is 15.9 Å². The van der Waals surface area contributed by atoms with Gasteiger partial charge in [0.15, 0.2) is 5.17 Å². The summed E-state index contributed by atoms with van der Waals surface area (Å²) in [5, 5.41) is 10.3. The van der Waals surface area contributed by atoms with Crippen LogP contribution in [0.15, 0.2) is 46.9 Å². The Morgan fingerprint density at radius 3 is 2.62 bits per heavy atom. The van der Waals surface area contributed by atoms with Crippen molar-refractivity contribution >= 4 is 38.8 Å². The first-order valence-electron chi connectivity index (χ1n) is 7.16. The van der Waals surface area contributed by atoms with E-state index < -0.39 is 0 Å². The van der Waals surface area contributed by atoms with Gasteiger partial charge in [0.05, 0.1) is 7.11 Å². The first-order chi connectivity index (χ1) is 11.5. The fourth-order valence-electron chi connectivity index (χ4n) is 2.08. The summed E-state index contributed by atoms with van der Waals surface area (Å²) in [6.45, 7) is 0.429. The van der Waals surface area contributed by atoms with Gasteiger partial charge in [-0.2, -0.15) is 0 Å². The van der Waals surface area contributed by atoms with Crippen molar-refractivity contribution in [2.45, 2.75) is 12.3 Å². The molecular weight excluding hydrogens is 390 g/mol. The molecule has 2 aromatic rings. The van der Waals surface area contributed by atoms with Crippen LogP contribution in [-0.4, -0.2) is 18.2 Å². The smallest absolute Gasteiger partial charge is 0.251 e. The van der Waals surface area contributed by atoms with E-state index in [1.54, 1.807) is 13.2 Å². The molecule has 126 valence electrons. The Bertz CT molecular complexity index is 735. The number of carbonyl (C=O) groups excluding carboxylic acids is 1. The van der Waals surface area contributed by atoms with Crippen LogP contribution < -0.4 is 15.8 Å². The molecule has 0 aliphatic carbocycles. The molecule has 0 unspecified atom stereocenters. The standard InChI is InChI=1S/C17H18BrN3O2S/c1-23-14-5-2-11(3-6-14)9-21-16(22)15-7-4-13(18)8-12(15)10-24-17(19)20/h2-8H,9-10H2,1H3,(H3,19,20)(H,21,22). The van der Waals surface area contributed by atoms with E-state index >= 15 is 0 Å². The van der Waals surface area contributed by atoms with Crippen LogP contribution >= 0.6 is 27.7 Å². The first kappa shape index (κ1) is 18.4. The van der Waals surface area contributed by atoms with Gasteiger partial charge in [0, 0.05) is 22.3 Å². The molecule has 0 aliphatic rings. The number of nitrogens with one attached hydrogen (secondary N) is 2. The van der Waals surface area contributed by atoms with Crippen LogP contribution in [0.25, 0.3) is 0 Å². The molecule has 0 bridgehead atoms. The van der Waals surface area contributed by atoms with Gasteiger partial charge in [0.2, 0.25) is 0 Å². The van der Waals surface area contributed by atoms with Crippen molar-refractivity contribution in [3.8, 4) is 5.75 Å². The lowest BCUT2D eigenvalue weighted by molar-refractivity contribution is 0.0950. The summed E-state index contributed by atoms with van der Waals surface area (Å²) in [7, 11) is 1.62. The number of carbonyl (C=O) groups is 1. The van der Waals surface area contributed by atoms with Gasteiger partial charge in [-0.3, -0.25) is 10.2 Å². The molecule has 0 heterocycles. The van der Waals surface area contributed by atoms with Crippen LogP contribution in [0.3, 0.4) is 0 Å². The third-order valence-electron chi connectivity index (χ3n) is 3.31. The quantitative estimate of drug-likeness (QED) is 0.504. The SMILES string of the molecule is COc1ccc(CNC(=O)c2ccc(Br)cc2CSC(=N)N)cc1. The van der Waals surface area contributed by atoms with E-state index in [1.807, 2.05) is 36.4 Å². The Hall–Kier alpha value is -1.99. The number of amides is 1.